The van der Waals surface area contributed by atoms with Gasteiger partial charge in [0.1, 0.15) is 0 Å². The Morgan fingerprint density at radius 2 is 1.94 bits per heavy atom. The fourth-order valence-electron chi connectivity index (χ4n) is 4.78. The first kappa shape index (κ1) is 22.4. The molecule has 3 aliphatic rings. The van der Waals surface area contributed by atoms with Crippen LogP contribution in [0.2, 0.25) is 0 Å². The first-order valence-corrected chi connectivity index (χ1v) is 11.2. The lowest BCUT2D eigenvalue weighted by atomic mass is 9.80. The van der Waals surface area contributed by atoms with Crippen molar-refractivity contribution in [3.63, 3.8) is 0 Å². The van der Waals surface area contributed by atoms with E-state index in [1.165, 1.54) is 21.6 Å². The minimum absolute atomic E-state index is 0.0236. The van der Waals surface area contributed by atoms with Crippen LogP contribution in [0.5, 0.6) is 0 Å². The minimum atomic E-state index is -4.46. The van der Waals surface area contributed by atoms with Gasteiger partial charge in [-0.1, -0.05) is 32.9 Å². The van der Waals surface area contributed by atoms with Crippen molar-refractivity contribution >= 4 is 6.03 Å². The van der Waals surface area contributed by atoms with Crippen LogP contribution in [0.15, 0.2) is 12.1 Å². The van der Waals surface area contributed by atoms with E-state index in [0.29, 0.717) is 13.1 Å². The number of halogens is 3. The highest BCUT2D eigenvalue weighted by Gasteiger charge is 2.45. The number of hydrogen-bond donors (Lipinski definition) is 1. The molecular weight excluding hydrogens is 407 g/mol. The molecule has 1 N–H and O–H groups in total. The Bertz CT molecular complexity index is 829. The molecule has 0 radical (unpaired) electrons. The van der Waals surface area contributed by atoms with E-state index in [9.17, 15) is 18.0 Å². The number of fused-ring (bicyclic) bond motifs is 1. The van der Waals surface area contributed by atoms with Gasteiger partial charge in [-0.15, -0.1) is 0 Å². The molecule has 0 bridgehead atoms. The minimum Gasteiger partial charge on any atom is -0.365 e. The molecule has 1 aromatic rings. The molecule has 0 aromatic heterocycles. The van der Waals surface area contributed by atoms with Crippen LogP contribution >= 0.6 is 0 Å². The molecule has 3 heterocycles. The van der Waals surface area contributed by atoms with Crippen molar-refractivity contribution in [1.29, 1.82) is 0 Å². The molecule has 8 heteroatoms. The molecule has 3 aliphatic heterocycles. The summed E-state index contributed by atoms with van der Waals surface area (Å²) in [6.07, 6.45) is -3.47. The normalized spacial score (nSPS) is 25.0. The number of benzene rings is 1. The van der Waals surface area contributed by atoms with Gasteiger partial charge in [0.25, 0.3) is 0 Å². The number of ether oxygens (including phenoxy) is 1. The average molecular weight is 440 g/mol. The number of carbonyl (C=O) groups excluding carboxylic acids is 1. The summed E-state index contributed by atoms with van der Waals surface area (Å²) in [6, 6.07) is 4.46. The van der Waals surface area contributed by atoms with Crippen molar-refractivity contribution in [2.75, 3.05) is 32.8 Å². The number of hydrogen-bond acceptors (Lipinski definition) is 3. The lowest BCUT2D eigenvalue weighted by Gasteiger charge is -2.39. The fraction of sp³-hybridized carbons (Fsp3) is 0.696. The van der Waals surface area contributed by atoms with E-state index < -0.39 is 18.8 Å². The molecule has 0 unspecified atom stereocenters. The van der Waals surface area contributed by atoms with Gasteiger partial charge >= 0.3 is 12.2 Å². The first-order chi connectivity index (χ1) is 14.5. The lowest BCUT2D eigenvalue weighted by molar-refractivity contribution is -0.234. The second-order valence-corrected chi connectivity index (χ2v) is 9.90. The molecule has 4 rings (SSSR count). The van der Waals surface area contributed by atoms with Gasteiger partial charge in [0.05, 0.1) is 13.2 Å². The summed E-state index contributed by atoms with van der Waals surface area (Å²) < 4.78 is 44.1. The largest absolute Gasteiger partial charge is 0.416 e. The predicted molar refractivity (Wildman–Crippen MR) is 112 cm³/mol. The third-order valence-corrected chi connectivity index (χ3v) is 6.65. The molecule has 0 spiro atoms. The number of nitrogens with one attached hydrogen (secondary N) is 1. The molecule has 2 saturated heterocycles. The molecule has 1 aromatic carbocycles. The Balaban J connectivity index is 1.58. The van der Waals surface area contributed by atoms with Crippen LogP contribution in [-0.2, 0) is 23.1 Å². The van der Waals surface area contributed by atoms with E-state index in [4.69, 9.17) is 4.74 Å². The van der Waals surface area contributed by atoms with Crippen molar-refractivity contribution in [2.45, 2.75) is 70.3 Å². The zero-order valence-electron chi connectivity index (χ0n) is 18.5. The van der Waals surface area contributed by atoms with Crippen LogP contribution in [-0.4, -0.2) is 60.9 Å². The number of amides is 2. The Labute approximate surface area is 181 Å². The van der Waals surface area contributed by atoms with Crippen molar-refractivity contribution < 1.29 is 22.7 Å². The highest BCUT2D eigenvalue weighted by molar-refractivity contribution is 5.75. The third kappa shape index (κ3) is 4.70. The van der Waals surface area contributed by atoms with Gasteiger partial charge in [0, 0.05) is 25.7 Å². The molecule has 2 fully saturated rings. The number of alkyl halides is 3. The molecule has 2 amide bonds. The summed E-state index contributed by atoms with van der Waals surface area (Å²) in [5, 5.41) is 3.58. The second kappa shape index (κ2) is 8.28. The number of rotatable bonds is 1. The smallest absolute Gasteiger partial charge is 0.365 e. The molecule has 2 atom stereocenters. The molecule has 31 heavy (non-hydrogen) atoms. The van der Waals surface area contributed by atoms with Crippen molar-refractivity contribution in [3.8, 4) is 0 Å². The van der Waals surface area contributed by atoms with Crippen molar-refractivity contribution in [2.24, 2.45) is 0 Å². The van der Waals surface area contributed by atoms with E-state index in [1.54, 1.807) is 4.90 Å². The predicted octanol–water partition coefficient (Wildman–Crippen LogP) is 4.15. The number of morpholine rings is 1. The molecule has 172 valence electrons. The van der Waals surface area contributed by atoms with Gasteiger partial charge in [-0.25, -0.2) is 4.79 Å². The van der Waals surface area contributed by atoms with Crippen LogP contribution in [0.1, 0.15) is 61.9 Å². The quantitative estimate of drug-likeness (QED) is 0.715. The van der Waals surface area contributed by atoms with Gasteiger partial charge in [0.15, 0.2) is 6.10 Å². The standard InChI is InChI=1S/C23H32F3N3O2/c1-22(2,3)16-11-15-6-8-28(13-18(15)17(12-16)19-5-4-7-27-19)21(30)29-9-10-31-20(14-29)23(24,25)26/h11-12,19-20,27H,4-10,13-14H2,1-3H3/t19-,20+/m0/s1. The molecule has 0 aliphatic carbocycles. The average Bonchev–Trinajstić information content (AvgIpc) is 3.25. The summed E-state index contributed by atoms with van der Waals surface area (Å²) >= 11 is 0. The van der Waals surface area contributed by atoms with Gasteiger partial charge in [0.2, 0.25) is 0 Å². The van der Waals surface area contributed by atoms with Crippen LogP contribution in [0.4, 0.5) is 18.0 Å². The van der Waals surface area contributed by atoms with Gasteiger partial charge in [-0.3, -0.25) is 0 Å². The summed E-state index contributed by atoms with van der Waals surface area (Å²) in [7, 11) is 0. The van der Waals surface area contributed by atoms with Gasteiger partial charge in [-0.05, 0) is 53.5 Å². The fourth-order valence-corrected chi connectivity index (χ4v) is 4.78. The van der Waals surface area contributed by atoms with Crippen molar-refractivity contribution in [1.82, 2.24) is 15.1 Å². The third-order valence-electron chi connectivity index (χ3n) is 6.65. The highest BCUT2D eigenvalue weighted by atomic mass is 19.4. The zero-order valence-corrected chi connectivity index (χ0v) is 18.5. The lowest BCUT2D eigenvalue weighted by Crippen LogP contribution is -2.55. The van der Waals surface area contributed by atoms with E-state index >= 15 is 0 Å². The van der Waals surface area contributed by atoms with E-state index in [-0.39, 0.29) is 30.6 Å². The SMILES string of the molecule is CC(C)(C)c1cc2c(c([C@@H]3CCCN3)c1)CN(C(=O)N1CCO[C@@H](C(F)(F)F)C1)CC2. The Kier molecular flexibility index (Phi) is 5.98. The zero-order chi connectivity index (χ0) is 22.4. The molecule has 5 nitrogen and oxygen atoms in total. The second-order valence-electron chi connectivity index (χ2n) is 9.90. The van der Waals surface area contributed by atoms with Gasteiger partial charge in [-0.2, -0.15) is 13.2 Å². The molecule has 0 saturated carbocycles. The Morgan fingerprint density at radius 1 is 1.16 bits per heavy atom. The van der Waals surface area contributed by atoms with Crippen LogP contribution < -0.4 is 5.32 Å². The summed E-state index contributed by atoms with van der Waals surface area (Å²) in [5.41, 5.74) is 4.97. The van der Waals surface area contributed by atoms with E-state index in [0.717, 1.165) is 31.4 Å². The Hall–Kier alpha value is -1.80. The monoisotopic (exact) mass is 439 g/mol. The van der Waals surface area contributed by atoms with E-state index in [2.05, 4.69) is 38.2 Å². The first-order valence-electron chi connectivity index (χ1n) is 11.2. The maximum Gasteiger partial charge on any atom is 0.416 e. The summed E-state index contributed by atoms with van der Waals surface area (Å²) in [4.78, 5) is 16.1. The highest BCUT2D eigenvalue weighted by Crippen LogP contribution is 2.36. The topological polar surface area (TPSA) is 44.8 Å². The molecular formula is C23H32F3N3O2. The van der Waals surface area contributed by atoms with Crippen LogP contribution in [0.25, 0.3) is 0 Å². The Morgan fingerprint density at radius 3 is 2.58 bits per heavy atom. The van der Waals surface area contributed by atoms with Gasteiger partial charge < -0.3 is 19.9 Å². The van der Waals surface area contributed by atoms with E-state index in [1.807, 2.05) is 0 Å². The van der Waals surface area contributed by atoms with Crippen molar-refractivity contribution in [3.05, 3.63) is 34.4 Å². The summed E-state index contributed by atoms with van der Waals surface area (Å²) in [5.74, 6) is 0. The number of nitrogens with zero attached hydrogens (tertiary/aromatic N) is 2. The summed E-state index contributed by atoms with van der Waals surface area (Å²) in [6.45, 7) is 8.21. The number of urea groups is 1. The maximum absolute atomic E-state index is 13.1. The number of carbonyl (C=O) groups is 1. The van der Waals surface area contributed by atoms with Crippen LogP contribution in [0.3, 0.4) is 0 Å². The van der Waals surface area contributed by atoms with Crippen LogP contribution in [0, 0.1) is 0 Å². The maximum atomic E-state index is 13.1.